The zero-order valence-corrected chi connectivity index (χ0v) is 39.4. The van der Waals surface area contributed by atoms with Crippen molar-refractivity contribution in [2.45, 2.75) is 38.1 Å². The number of halogens is 1. The van der Waals surface area contributed by atoms with Crippen LogP contribution in [0.2, 0.25) is 0 Å². The van der Waals surface area contributed by atoms with Crippen molar-refractivity contribution in [3.63, 3.8) is 0 Å². The van der Waals surface area contributed by atoms with E-state index in [2.05, 4.69) is 70.8 Å². The number of piperidine rings is 1. The molecule has 3 aliphatic rings. The average molecular weight is 957 g/mol. The summed E-state index contributed by atoms with van der Waals surface area (Å²) in [5, 5.41) is 24.5. The van der Waals surface area contributed by atoms with E-state index in [4.69, 9.17) is 8.85 Å². The van der Waals surface area contributed by atoms with Crippen LogP contribution in [-0.2, 0) is 11.8 Å². The smallest absolute Gasteiger partial charge is 0.273 e. The van der Waals surface area contributed by atoms with Crippen molar-refractivity contribution in [1.29, 1.82) is 0 Å². The standard InChI is InChI=1S/C49H60FN17O3/c1-51-49(69)46-40(57-39-13-7-12-38(47(39)70-3)48-55-33-62(2)61-48)28-43(59-60-46)58-41-16-15-37(30-52-41)64-23-25-66(26-24-64)45(68)14-4-5-17-63-19-21-65(22-20-63)44-29-42(53-32-54-44)56-35-10-8-18-67(31-35)36-11-6-9-34(50)27-36/h6-7,9,11-13,15-16,27-30,32-33,35H,4-5,8,10,14,17-26,31H2,1-3H3,(H,51,69)(H,53,54,56)(H2,52,57,58,59)/t35-/m1/s1/i1D3. The normalized spacial score (nSPS) is 17.3. The number of para-hydroxylation sites is 1. The molecule has 0 aliphatic carbocycles. The van der Waals surface area contributed by atoms with Crippen molar-refractivity contribution >= 4 is 57.8 Å². The minimum absolute atomic E-state index is 0.151. The molecule has 21 heteroatoms. The van der Waals surface area contributed by atoms with E-state index < -0.39 is 12.9 Å². The molecule has 2 amide bonds. The van der Waals surface area contributed by atoms with E-state index in [1.54, 1.807) is 67.0 Å². The maximum Gasteiger partial charge on any atom is 0.273 e. The van der Waals surface area contributed by atoms with E-state index in [0.717, 1.165) is 94.5 Å². The van der Waals surface area contributed by atoms with Gasteiger partial charge in [-0.25, -0.2) is 24.3 Å². The minimum atomic E-state index is -2.76. The Morgan fingerprint density at radius 3 is 2.41 bits per heavy atom. The zero-order valence-electron chi connectivity index (χ0n) is 42.4. The molecule has 3 aliphatic heterocycles. The van der Waals surface area contributed by atoms with E-state index in [1.807, 2.05) is 28.4 Å². The Morgan fingerprint density at radius 2 is 1.64 bits per heavy atom. The number of hydrogen-bond donors (Lipinski definition) is 4. The third-order valence-electron chi connectivity index (χ3n) is 12.9. The van der Waals surface area contributed by atoms with E-state index in [0.29, 0.717) is 61.2 Å². The van der Waals surface area contributed by atoms with Crippen molar-refractivity contribution < 1.29 is 22.8 Å². The fourth-order valence-electron chi connectivity index (χ4n) is 9.19. The maximum absolute atomic E-state index is 13.9. The maximum atomic E-state index is 13.9. The number of nitrogens with zero attached hydrogens (tertiary/aromatic N) is 13. The van der Waals surface area contributed by atoms with Crippen molar-refractivity contribution in [1.82, 2.24) is 55.0 Å². The topological polar surface area (TPSA) is 203 Å². The summed E-state index contributed by atoms with van der Waals surface area (Å²) in [6, 6.07) is 19.6. The van der Waals surface area contributed by atoms with Gasteiger partial charge in [0.05, 0.1) is 35.9 Å². The Bertz CT molecular complexity index is 2840. The van der Waals surface area contributed by atoms with Gasteiger partial charge in [0.25, 0.3) is 5.91 Å². The summed E-state index contributed by atoms with van der Waals surface area (Å²) in [4.78, 5) is 55.6. The molecule has 0 spiro atoms. The van der Waals surface area contributed by atoms with E-state index in [1.165, 1.54) is 19.2 Å². The molecule has 4 aromatic heterocycles. The number of pyridine rings is 1. The second kappa shape index (κ2) is 22.2. The first-order valence-electron chi connectivity index (χ1n) is 25.2. The van der Waals surface area contributed by atoms with Crippen LogP contribution >= 0.6 is 0 Å². The van der Waals surface area contributed by atoms with E-state index >= 15 is 0 Å². The van der Waals surface area contributed by atoms with Crippen molar-refractivity contribution in [3.05, 3.63) is 97.1 Å². The van der Waals surface area contributed by atoms with Crippen molar-refractivity contribution in [3.8, 4) is 17.1 Å². The van der Waals surface area contributed by atoms with Crippen LogP contribution < -0.4 is 40.7 Å². The van der Waals surface area contributed by atoms with Crippen LogP contribution in [0.3, 0.4) is 0 Å². The Labute approximate surface area is 410 Å². The molecule has 1 atom stereocenters. The molecule has 7 heterocycles. The number of piperazine rings is 2. The number of methoxy groups -OCH3 is 1. The molecule has 9 rings (SSSR count). The lowest BCUT2D eigenvalue weighted by Crippen LogP contribution is -2.49. The quantitative estimate of drug-likeness (QED) is 0.0871. The lowest BCUT2D eigenvalue weighted by Gasteiger charge is -2.36. The van der Waals surface area contributed by atoms with Gasteiger partial charge in [-0.2, -0.15) is 5.10 Å². The molecular weight excluding hydrogens is 894 g/mol. The number of aromatic nitrogens is 8. The zero-order chi connectivity index (χ0) is 50.9. The molecule has 4 N–H and O–H groups in total. The van der Waals surface area contributed by atoms with Gasteiger partial charge in [0.1, 0.15) is 35.9 Å². The summed E-state index contributed by atoms with van der Waals surface area (Å²) in [6.45, 7) is 6.03. The van der Waals surface area contributed by atoms with Crippen LogP contribution in [-0.4, -0.2) is 154 Å². The summed E-state index contributed by atoms with van der Waals surface area (Å²) >= 11 is 0. The number of benzene rings is 2. The summed E-state index contributed by atoms with van der Waals surface area (Å²) in [5.41, 5.74) is 2.74. The molecule has 0 saturated carbocycles. The Kier molecular flexibility index (Phi) is 13.8. The number of ether oxygens (including phenoxy) is 1. The second-order valence-corrected chi connectivity index (χ2v) is 17.6. The lowest BCUT2D eigenvalue weighted by molar-refractivity contribution is -0.131. The molecule has 0 unspecified atom stereocenters. The number of unbranched alkanes of at least 4 members (excludes halogenated alkanes) is 1. The molecular formula is C49H60FN17O3. The fourth-order valence-corrected chi connectivity index (χ4v) is 9.19. The number of aryl methyl sites for hydroxylation is 1. The van der Waals surface area contributed by atoms with E-state index in [9.17, 15) is 14.0 Å². The summed E-state index contributed by atoms with van der Waals surface area (Å²) in [6.07, 6.45) is 9.28. The van der Waals surface area contributed by atoms with Gasteiger partial charge >= 0.3 is 0 Å². The number of rotatable bonds is 17. The van der Waals surface area contributed by atoms with E-state index in [-0.39, 0.29) is 35.0 Å². The van der Waals surface area contributed by atoms with Gasteiger partial charge in [-0.05, 0) is 74.7 Å². The fraction of sp³-hybridized carbons (Fsp3) is 0.408. The monoisotopic (exact) mass is 957 g/mol. The van der Waals surface area contributed by atoms with Gasteiger partial charge in [0, 0.05) is 114 Å². The first kappa shape index (κ1) is 43.6. The largest absolute Gasteiger partial charge is 0.494 e. The first-order chi connectivity index (χ1) is 35.3. The van der Waals surface area contributed by atoms with Crippen LogP contribution in [0, 0.1) is 5.82 Å². The second-order valence-electron chi connectivity index (χ2n) is 17.6. The Morgan fingerprint density at radius 1 is 0.800 bits per heavy atom. The molecule has 20 nitrogen and oxygen atoms in total. The van der Waals surface area contributed by atoms with Crippen LogP contribution in [0.15, 0.2) is 85.6 Å². The first-order valence-corrected chi connectivity index (χ1v) is 23.7. The Hall–Kier alpha value is -7.68. The molecule has 366 valence electrons. The predicted octanol–water partition coefficient (Wildman–Crippen LogP) is 5.17. The van der Waals surface area contributed by atoms with Gasteiger partial charge < -0.3 is 45.6 Å². The molecule has 3 saturated heterocycles. The van der Waals surface area contributed by atoms with Gasteiger partial charge in [0.15, 0.2) is 23.1 Å². The van der Waals surface area contributed by atoms with Gasteiger partial charge in [-0.15, -0.1) is 10.2 Å². The minimum Gasteiger partial charge on any atom is -0.494 e. The molecule has 0 radical (unpaired) electrons. The summed E-state index contributed by atoms with van der Waals surface area (Å²) in [5.74, 6) is 2.23. The van der Waals surface area contributed by atoms with Crippen LogP contribution in [0.4, 0.5) is 50.4 Å². The van der Waals surface area contributed by atoms with Crippen LogP contribution in [0.1, 0.15) is 46.7 Å². The van der Waals surface area contributed by atoms with Crippen LogP contribution in [0.25, 0.3) is 11.4 Å². The third-order valence-corrected chi connectivity index (χ3v) is 12.9. The molecule has 6 aromatic rings. The number of hydrogen-bond acceptors (Lipinski definition) is 17. The summed E-state index contributed by atoms with van der Waals surface area (Å²) in [7, 11) is 3.25. The van der Waals surface area contributed by atoms with Crippen molar-refractivity contribution in [2.75, 3.05) is 117 Å². The number of carbonyl (C=O) groups excluding carboxylic acids is 2. The molecule has 70 heavy (non-hydrogen) atoms. The molecule has 0 bridgehead atoms. The van der Waals surface area contributed by atoms with Crippen molar-refractivity contribution in [2.24, 2.45) is 7.05 Å². The Balaban J connectivity index is 0.710. The summed E-state index contributed by atoms with van der Waals surface area (Å²) < 4.78 is 43.9. The van der Waals surface area contributed by atoms with Gasteiger partial charge in [0.2, 0.25) is 5.91 Å². The highest BCUT2D eigenvalue weighted by molar-refractivity contribution is 5.99. The number of carbonyl (C=O) groups is 2. The number of nitrogens with one attached hydrogen (secondary N) is 4. The average Bonchev–Trinajstić information content (AvgIpc) is 3.83. The number of amides is 2. The van der Waals surface area contributed by atoms with Gasteiger partial charge in [-0.3, -0.25) is 19.2 Å². The highest BCUT2D eigenvalue weighted by atomic mass is 19.1. The van der Waals surface area contributed by atoms with Gasteiger partial charge in [-0.1, -0.05) is 12.1 Å². The highest BCUT2D eigenvalue weighted by Crippen LogP contribution is 2.37. The van der Waals surface area contributed by atoms with Crippen LogP contribution in [0.5, 0.6) is 5.75 Å². The highest BCUT2D eigenvalue weighted by Gasteiger charge is 2.25. The SMILES string of the molecule is [2H]C([2H])([2H])NC(=O)c1nnc(Nc2ccc(N3CCN(C(=O)CCCCN4CCN(c5cc(N[C@@H]6CCCN(c7cccc(F)c7)C6)ncn5)CC4)CC3)cn2)cc1Nc1cccc(-c2ncn(C)n2)c1OC. The number of anilines is 8. The molecule has 3 fully saturated rings. The predicted molar refractivity (Wildman–Crippen MR) is 268 cm³/mol. The third kappa shape index (κ3) is 11.6. The molecule has 2 aromatic carbocycles. The lowest BCUT2D eigenvalue weighted by atomic mass is 10.0.